The molecule has 0 unspecified atom stereocenters. The molecule has 0 aliphatic heterocycles. The largest absolute Gasteiger partial charge is 0.478 e. The summed E-state index contributed by atoms with van der Waals surface area (Å²) in [6, 6.07) is 16.5. The number of rotatable bonds is 5. The van der Waals surface area contributed by atoms with E-state index in [9.17, 15) is 9.59 Å². The molecular formula is C16H13NO3. The van der Waals surface area contributed by atoms with E-state index in [1.807, 2.05) is 30.3 Å². The van der Waals surface area contributed by atoms with Crippen molar-refractivity contribution in [1.29, 1.82) is 0 Å². The van der Waals surface area contributed by atoms with Crippen molar-refractivity contribution in [1.82, 2.24) is 0 Å². The number of anilines is 2. The number of carboxylic acids is 1. The van der Waals surface area contributed by atoms with E-state index in [4.69, 9.17) is 5.11 Å². The van der Waals surface area contributed by atoms with Crippen molar-refractivity contribution in [3.63, 3.8) is 0 Å². The highest BCUT2D eigenvalue weighted by atomic mass is 16.4. The average molecular weight is 267 g/mol. The molecule has 2 aromatic carbocycles. The van der Waals surface area contributed by atoms with Crippen LogP contribution in [0.15, 0.2) is 66.7 Å². The van der Waals surface area contributed by atoms with Crippen molar-refractivity contribution < 1.29 is 14.7 Å². The first kappa shape index (κ1) is 13.5. The third-order valence-electron chi connectivity index (χ3n) is 2.61. The van der Waals surface area contributed by atoms with E-state index >= 15 is 0 Å². The first-order valence-electron chi connectivity index (χ1n) is 6.02. The second-order valence-corrected chi connectivity index (χ2v) is 4.10. The molecule has 0 aliphatic carbocycles. The molecule has 2 aromatic rings. The predicted molar refractivity (Wildman–Crippen MR) is 77.3 cm³/mol. The Morgan fingerprint density at radius 3 is 2.05 bits per heavy atom. The average Bonchev–Trinajstić information content (AvgIpc) is 2.46. The lowest BCUT2D eigenvalue weighted by molar-refractivity contribution is -0.131. The van der Waals surface area contributed by atoms with Gasteiger partial charge in [-0.3, -0.25) is 4.79 Å². The van der Waals surface area contributed by atoms with Crippen molar-refractivity contribution in [3.8, 4) is 0 Å². The molecule has 0 saturated carbocycles. The summed E-state index contributed by atoms with van der Waals surface area (Å²) in [5.74, 6) is -1.47. The molecule has 100 valence electrons. The van der Waals surface area contributed by atoms with Gasteiger partial charge in [0.15, 0.2) is 5.78 Å². The Labute approximate surface area is 116 Å². The highest BCUT2D eigenvalue weighted by Crippen LogP contribution is 2.16. The maximum absolute atomic E-state index is 11.6. The zero-order chi connectivity index (χ0) is 14.4. The highest BCUT2D eigenvalue weighted by molar-refractivity contribution is 6.06. The molecule has 4 nitrogen and oxygen atoms in total. The standard InChI is InChI=1S/C16H13NO3/c18-15(10-11-16(19)20)12-6-8-14(9-7-12)17-13-4-2-1-3-5-13/h1-11,17H,(H,19,20)/b11-10-. The van der Waals surface area contributed by atoms with Gasteiger partial charge in [0.2, 0.25) is 0 Å². The number of aliphatic carboxylic acids is 1. The van der Waals surface area contributed by atoms with Crippen molar-refractivity contribution >= 4 is 23.1 Å². The van der Waals surface area contributed by atoms with Gasteiger partial charge in [-0.15, -0.1) is 0 Å². The fraction of sp³-hybridized carbons (Fsp3) is 0. The third-order valence-corrected chi connectivity index (χ3v) is 2.61. The Morgan fingerprint density at radius 1 is 0.850 bits per heavy atom. The van der Waals surface area contributed by atoms with Crippen molar-refractivity contribution in [2.75, 3.05) is 5.32 Å². The highest BCUT2D eigenvalue weighted by Gasteiger charge is 2.02. The minimum atomic E-state index is -1.14. The molecule has 0 heterocycles. The van der Waals surface area contributed by atoms with Crippen LogP contribution in [0.5, 0.6) is 0 Å². The van der Waals surface area contributed by atoms with Crippen molar-refractivity contribution in [2.45, 2.75) is 0 Å². The van der Waals surface area contributed by atoms with Crippen LogP contribution in [0.25, 0.3) is 0 Å². The summed E-state index contributed by atoms with van der Waals surface area (Å²) < 4.78 is 0. The molecule has 2 rings (SSSR count). The van der Waals surface area contributed by atoms with Gasteiger partial charge in [0.05, 0.1) is 0 Å². The summed E-state index contributed by atoms with van der Waals surface area (Å²) in [6.07, 6.45) is 1.88. The SMILES string of the molecule is O=C(O)/C=C\C(=O)c1ccc(Nc2ccccc2)cc1. The molecule has 0 bridgehead atoms. The van der Waals surface area contributed by atoms with E-state index in [0.29, 0.717) is 5.56 Å². The van der Waals surface area contributed by atoms with Gasteiger partial charge in [0, 0.05) is 23.0 Å². The molecule has 4 heteroatoms. The van der Waals surface area contributed by atoms with Crippen LogP contribution in [-0.2, 0) is 4.79 Å². The number of nitrogens with one attached hydrogen (secondary N) is 1. The molecule has 0 radical (unpaired) electrons. The zero-order valence-electron chi connectivity index (χ0n) is 10.6. The number of benzene rings is 2. The van der Waals surface area contributed by atoms with Crippen LogP contribution in [0.4, 0.5) is 11.4 Å². The summed E-state index contributed by atoms with van der Waals surface area (Å²) in [5, 5.41) is 11.7. The molecular weight excluding hydrogens is 254 g/mol. The van der Waals surface area contributed by atoms with Gasteiger partial charge in [-0.1, -0.05) is 18.2 Å². The summed E-state index contributed by atoms with van der Waals surface area (Å²) in [5.41, 5.74) is 2.26. The molecule has 0 aliphatic rings. The van der Waals surface area contributed by atoms with E-state index in [2.05, 4.69) is 5.32 Å². The molecule has 20 heavy (non-hydrogen) atoms. The van der Waals surface area contributed by atoms with Crippen LogP contribution in [0.1, 0.15) is 10.4 Å². The van der Waals surface area contributed by atoms with Gasteiger partial charge in [0.1, 0.15) is 0 Å². The monoisotopic (exact) mass is 267 g/mol. The van der Waals surface area contributed by atoms with Crippen LogP contribution in [0.3, 0.4) is 0 Å². The lowest BCUT2D eigenvalue weighted by Gasteiger charge is -2.06. The second-order valence-electron chi connectivity index (χ2n) is 4.10. The topological polar surface area (TPSA) is 66.4 Å². The number of carboxylic acid groups (broad SMARTS) is 1. The smallest absolute Gasteiger partial charge is 0.328 e. The number of para-hydroxylation sites is 1. The maximum atomic E-state index is 11.6. The van der Waals surface area contributed by atoms with Crippen LogP contribution in [0.2, 0.25) is 0 Å². The number of hydrogen-bond acceptors (Lipinski definition) is 3. The van der Waals surface area contributed by atoms with Gasteiger partial charge in [0.25, 0.3) is 0 Å². The van der Waals surface area contributed by atoms with E-state index in [0.717, 1.165) is 23.5 Å². The number of carbonyl (C=O) groups excluding carboxylic acids is 1. The lowest BCUT2D eigenvalue weighted by Crippen LogP contribution is -1.97. The van der Waals surface area contributed by atoms with E-state index < -0.39 is 5.97 Å². The minimum Gasteiger partial charge on any atom is -0.478 e. The summed E-state index contributed by atoms with van der Waals surface area (Å²) in [6.45, 7) is 0. The van der Waals surface area contributed by atoms with Crippen LogP contribution in [-0.4, -0.2) is 16.9 Å². The summed E-state index contributed by atoms with van der Waals surface area (Å²) >= 11 is 0. The number of carbonyl (C=O) groups is 2. The van der Waals surface area contributed by atoms with Crippen LogP contribution < -0.4 is 5.32 Å². The predicted octanol–water partition coefficient (Wildman–Crippen LogP) is 3.25. The van der Waals surface area contributed by atoms with Gasteiger partial charge in [-0.05, 0) is 42.5 Å². The first-order valence-corrected chi connectivity index (χ1v) is 6.02. The molecule has 0 aromatic heterocycles. The Kier molecular flexibility index (Phi) is 4.29. The Hall–Kier alpha value is -2.88. The van der Waals surface area contributed by atoms with Gasteiger partial charge in [-0.25, -0.2) is 4.79 Å². The number of allylic oxidation sites excluding steroid dienone is 1. The molecule has 0 saturated heterocycles. The minimum absolute atomic E-state index is 0.335. The molecule has 0 amide bonds. The Morgan fingerprint density at radius 2 is 1.45 bits per heavy atom. The fourth-order valence-corrected chi connectivity index (χ4v) is 1.65. The quantitative estimate of drug-likeness (QED) is 0.644. The first-order chi connectivity index (χ1) is 9.65. The second kappa shape index (κ2) is 6.33. The molecule has 2 N–H and O–H groups in total. The van der Waals surface area contributed by atoms with Crippen molar-refractivity contribution in [3.05, 3.63) is 72.3 Å². The summed E-state index contributed by atoms with van der Waals surface area (Å²) in [4.78, 5) is 22.0. The Balaban J connectivity index is 2.07. The lowest BCUT2D eigenvalue weighted by atomic mass is 10.1. The fourth-order valence-electron chi connectivity index (χ4n) is 1.65. The molecule has 0 spiro atoms. The zero-order valence-corrected chi connectivity index (χ0v) is 10.6. The van der Waals surface area contributed by atoms with E-state index in [1.54, 1.807) is 24.3 Å². The van der Waals surface area contributed by atoms with Crippen molar-refractivity contribution in [2.24, 2.45) is 0 Å². The molecule has 0 fully saturated rings. The van der Waals surface area contributed by atoms with Gasteiger partial charge < -0.3 is 10.4 Å². The number of ketones is 1. The van der Waals surface area contributed by atoms with E-state index in [-0.39, 0.29) is 5.78 Å². The van der Waals surface area contributed by atoms with Gasteiger partial charge in [-0.2, -0.15) is 0 Å². The van der Waals surface area contributed by atoms with Crippen LogP contribution >= 0.6 is 0 Å². The third kappa shape index (κ3) is 3.81. The van der Waals surface area contributed by atoms with Crippen LogP contribution in [0, 0.1) is 0 Å². The molecule has 0 atom stereocenters. The maximum Gasteiger partial charge on any atom is 0.328 e. The summed E-state index contributed by atoms with van der Waals surface area (Å²) in [7, 11) is 0. The normalized spacial score (nSPS) is 10.4. The Bertz CT molecular complexity index is 631. The van der Waals surface area contributed by atoms with Gasteiger partial charge >= 0.3 is 5.97 Å². The number of hydrogen-bond donors (Lipinski definition) is 2. The van der Waals surface area contributed by atoms with E-state index in [1.165, 1.54) is 0 Å².